The Kier molecular flexibility index (Phi) is 4.99. The lowest BCUT2D eigenvalue weighted by Gasteiger charge is -2.15. The molecule has 6 nitrogen and oxygen atoms in total. The van der Waals surface area contributed by atoms with E-state index in [9.17, 15) is 9.59 Å². The van der Waals surface area contributed by atoms with Crippen molar-refractivity contribution in [1.82, 2.24) is 19.9 Å². The van der Waals surface area contributed by atoms with Crippen LogP contribution in [0.3, 0.4) is 0 Å². The molecule has 0 bridgehead atoms. The summed E-state index contributed by atoms with van der Waals surface area (Å²) in [6.07, 6.45) is 2.63. The number of nitrogens with one attached hydrogen (secondary N) is 1. The monoisotopic (exact) mass is 344 g/mol. The van der Waals surface area contributed by atoms with Crippen LogP contribution in [-0.4, -0.2) is 26.2 Å². The summed E-state index contributed by atoms with van der Waals surface area (Å²) in [7, 11) is 0. The molecule has 1 amide bonds. The third-order valence-corrected chi connectivity index (χ3v) is 5.22. The van der Waals surface area contributed by atoms with Crippen LogP contribution in [0.25, 0.3) is 0 Å². The fourth-order valence-electron chi connectivity index (χ4n) is 2.86. The number of amides is 1. The third-order valence-electron chi connectivity index (χ3n) is 4.12. The zero-order valence-electron chi connectivity index (χ0n) is 13.8. The number of aryl methyl sites for hydroxylation is 1. The van der Waals surface area contributed by atoms with E-state index in [1.54, 1.807) is 10.8 Å². The molecule has 2 aromatic rings. The fourth-order valence-corrected chi connectivity index (χ4v) is 4.04. The Morgan fingerprint density at radius 1 is 1.46 bits per heavy atom. The van der Waals surface area contributed by atoms with Gasteiger partial charge >= 0.3 is 0 Å². The van der Waals surface area contributed by atoms with Crippen molar-refractivity contribution < 1.29 is 4.79 Å². The highest BCUT2D eigenvalue weighted by Crippen LogP contribution is 2.32. The first-order valence-electron chi connectivity index (χ1n) is 8.01. The topological polar surface area (TPSA) is 76.9 Å². The van der Waals surface area contributed by atoms with Gasteiger partial charge < -0.3 is 5.32 Å². The molecule has 0 aromatic carbocycles. The molecule has 1 unspecified atom stereocenters. The van der Waals surface area contributed by atoms with E-state index in [0.717, 1.165) is 22.1 Å². The Hall–Kier alpha value is -2.15. The van der Waals surface area contributed by atoms with E-state index in [1.807, 2.05) is 32.0 Å². The zero-order chi connectivity index (χ0) is 17.1. The van der Waals surface area contributed by atoms with Crippen molar-refractivity contribution in [2.75, 3.05) is 5.75 Å². The standard InChI is InChI=1S/C17H20N4O2S/c1-3-14-11(2)20-17-21(16(14)23)13(10-24-17)8-15(22)19-9-12-6-4-5-7-18-12/h4-7,13H,3,8-10H2,1-2H3,(H,19,22). The lowest BCUT2D eigenvalue weighted by Crippen LogP contribution is -2.32. The minimum Gasteiger partial charge on any atom is -0.350 e. The van der Waals surface area contributed by atoms with Crippen LogP contribution in [0, 0.1) is 6.92 Å². The number of nitrogens with zero attached hydrogens (tertiary/aromatic N) is 3. The first-order valence-corrected chi connectivity index (χ1v) is 9.00. The Labute approximate surface area is 144 Å². The quantitative estimate of drug-likeness (QED) is 0.838. The Balaban J connectivity index is 1.70. The smallest absolute Gasteiger partial charge is 0.257 e. The van der Waals surface area contributed by atoms with Crippen molar-refractivity contribution in [3.05, 3.63) is 51.7 Å². The summed E-state index contributed by atoms with van der Waals surface area (Å²) in [5, 5.41) is 3.59. The van der Waals surface area contributed by atoms with Gasteiger partial charge in [-0.25, -0.2) is 4.98 Å². The maximum absolute atomic E-state index is 12.7. The maximum atomic E-state index is 12.7. The second-order valence-electron chi connectivity index (χ2n) is 5.75. The van der Waals surface area contributed by atoms with Gasteiger partial charge in [0, 0.05) is 29.6 Å². The van der Waals surface area contributed by atoms with Crippen LogP contribution in [-0.2, 0) is 17.8 Å². The number of rotatable bonds is 5. The zero-order valence-corrected chi connectivity index (χ0v) is 14.6. The summed E-state index contributed by atoms with van der Waals surface area (Å²) < 4.78 is 1.69. The third kappa shape index (κ3) is 3.36. The molecule has 0 saturated carbocycles. The van der Waals surface area contributed by atoms with Gasteiger partial charge in [0.05, 0.1) is 18.3 Å². The van der Waals surface area contributed by atoms with Crippen LogP contribution in [0.2, 0.25) is 0 Å². The Morgan fingerprint density at radius 2 is 2.29 bits per heavy atom. The average Bonchev–Trinajstić information content (AvgIpc) is 2.97. The summed E-state index contributed by atoms with van der Waals surface area (Å²) >= 11 is 1.54. The highest BCUT2D eigenvalue weighted by molar-refractivity contribution is 7.99. The van der Waals surface area contributed by atoms with Gasteiger partial charge in [-0.1, -0.05) is 24.8 Å². The minimum atomic E-state index is -0.139. The van der Waals surface area contributed by atoms with Crippen LogP contribution in [0.5, 0.6) is 0 Å². The molecule has 0 fully saturated rings. The van der Waals surface area contributed by atoms with E-state index in [-0.39, 0.29) is 23.9 Å². The van der Waals surface area contributed by atoms with Crippen molar-refractivity contribution in [3.63, 3.8) is 0 Å². The molecule has 1 aliphatic rings. The van der Waals surface area contributed by atoms with Gasteiger partial charge in [0.2, 0.25) is 5.91 Å². The number of carbonyl (C=O) groups is 1. The lowest BCUT2D eigenvalue weighted by atomic mass is 10.1. The normalized spacial score (nSPS) is 16.0. The molecule has 0 spiro atoms. The molecule has 2 aromatic heterocycles. The lowest BCUT2D eigenvalue weighted by molar-refractivity contribution is -0.121. The molecule has 3 rings (SSSR count). The van der Waals surface area contributed by atoms with Crippen LogP contribution < -0.4 is 10.9 Å². The van der Waals surface area contributed by atoms with Gasteiger partial charge in [0.15, 0.2) is 5.16 Å². The first kappa shape index (κ1) is 16.7. The molecule has 126 valence electrons. The molecule has 3 heterocycles. The molecule has 0 saturated heterocycles. The maximum Gasteiger partial charge on any atom is 0.257 e. The molecule has 1 N–H and O–H groups in total. The van der Waals surface area contributed by atoms with Gasteiger partial charge in [0.25, 0.3) is 5.56 Å². The van der Waals surface area contributed by atoms with E-state index in [2.05, 4.69) is 15.3 Å². The number of hydrogen-bond donors (Lipinski definition) is 1. The van der Waals surface area contributed by atoms with Crippen molar-refractivity contribution in [2.24, 2.45) is 0 Å². The van der Waals surface area contributed by atoms with Gasteiger partial charge in [-0.15, -0.1) is 0 Å². The number of aromatic nitrogens is 3. The molecule has 24 heavy (non-hydrogen) atoms. The van der Waals surface area contributed by atoms with Gasteiger partial charge in [-0.2, -0.15) is 0 Å². The Bertz CT molecular complexity index is 804. The predicted molar refractivity (Wildman–Crippen MR) is 93.1 cm³/mol. The van der Waals surface area contributed by atoms with Crippen molar-refractivity contribution in [1.29, 1.82) is 0 Å². The van der Waals surface area contributed by atoms with E-state index in [4.69, 9.17) is 0 Å². The van der Waals surface area contributed by atoms with E-state index in [0.29, 0.717) is 18.7 Å². The average molecular weight is 344 g/mol. The number of hydrogen-bond acceptors (Lipinski definition) is 5. The molecule has 1 atom stereocenters. The second kappa shape index (κ2) is 7.17. The number of carbonyl (C=O) groups excluding carboxylic acids is 1. The highest BCUT2D eigenvalue weighted by Gasteiger charge is 2.28. The van der Waals surface area contributed by atoms with Crippen molar-refractivity contribution in [3.8, 4) is 0 Å². The first-order chi connectivity index (χ1) is 11.6. The van der Waals surface area contributed by atoms with Gasteiger partial charge in [-0.3, -0.25) is 19.1 Å². The molecule has 0 radical (unpaired) electrons. The summed E-state index contributed by atoms with van der Waals surface area (Å²) in [6.45, 7) is 4.22. The number of thioether (sulfide) groups is 1. The van der Waals surface area contributed by atoms with E-state index < -0.39 is 0 Å². The van der Waals surface area contributed by atoms with Gasteiger partial charge in [-0.05, 0) is 25.5 Å². The van der Waals surface area contributed by atoms with Crippen LogP contribution in [0.15, 0.2) is 34.3 Å². The van der Waals surface area contributed by atoms with E-state index >= 15 is 0 Å². The summed E-state index contributed by atoms with van der Waals surface area (Å²) in [5.74, 6) is 0.621. The molecule has 1 aliphatic heterocycles. The SMILES string of the molecule is CCc1c(C)nc2n(c1=O)C(CC(=O)NCc1ccccn1)CS2. The van der Waals surface area contributed by atoms with Crippen molar-refractivity contribution >= 4 is 17.7 Å². The second-order valence-corrected chi connectivity index (χ2v) is 6.74. The highest BCUT2D eigenvalue weighted by atomic mass is 32.2. The van der Waals surface area contributed by atoms with E-state index in [1.165, 1.54) is 11.8 Å². The summed E-state index contributed by atoms with van der Waals surface area (Å²) in [5.41, 5.74) is 2.34. The molecular weight excluding hydrogens is 324 g/mol. The number of fused-ring (bicyclic) bond motifs is 1. The summed E-state index contributed by atoms with van der Waals surface area (Å²) in [4.78, 5) is 33.6. The van der Waals surface area contributed by atoms with Gasteiger partial charge in [0.1, 0.15) is 0 Å². The summed E-state index contributed by atoms with van der Waals surface area (Å²) in [6, 6.07) is 5.45. The molecule has 0 aliphatic carbocycles. The number of pyridine rings is 1. The minimum absolute atomic E-state index is 0.00692. The molecular formula is C17H20N4O2S. The van der Waals surface area contributed by atoms with Crippen molar-refractivity contribution in [2.45, 2.75) is 44.4 Å². The Morgan fingerprint density at radius 3 is 3.00 bits per heavy atom. The van der Waals surface area contributed by atoms with Crippen LogP contribution in [0.1, 0.15) is 36.3 Å². The van der Waals surface area contributed by atoms with Crippen LogP contribution in [0.4, 0.5) is 0 Å². The fraction of sp³-hybridized carbons (Fsp3) is 0.412. The largest absolute Gasteiger partial charge is 0.350 e. The molecule has 7 heteroatoms. The predicted octanol–water partition coefficient (Wildman–Crippen LogP) is 1.86. The van der Waals surface area contributed by atoms with Crippen LogP contribution >= 0.6 is 11.8 Å².